The molecule has 0 saturated carbocycles. The maximum Gasteiger partial charge on any atom is 0.336 e. The van der Waals surface area contributed by atoms with E-state index in [4.69, 9.17) is 4.74 Å². The maximum absolute atomic E-state index is 12.9. The smallest absolute Gasteiger partial charge is 0.336 e. The Bertz CT molecular complexity index is 854. The molecule has 0 bridgehead atoms. The molecule has 2 aliphatic heterocycles. The van der Waals surface area contributed by atoms with Crippen molar-refractivity contribution in [3.05, 3.63) is 77.0 Å². The van der Waals surface area contributed by atoms with Gasteiger partial charge >= 0.3 is 5.97 Å². The van der Waals surface area contributed by atoms with Crippen molar-refractivity contribution in [1.29, 1.82) is 0 Å². The molecule has 0 N–H and O–H groups in total. The van der Waals surface area contributed by atoms with Crippen LogP contribution in [0.2, 0.25) is 0 Å². The highest BCUT2D eigenvalue weighted by Crippen LogP contribution is 2.41. The van der Waals surface area contributed by atoms with Gasteiger partial charge in [-0.1, -0.05) is 42.5 Å². The van der Waals surface area contributed by atoms with Gasteiger partial charge in [-0.2, -0.15) is 0 Å². The molecule has 120 valence electrons. The molecule has 0 aliphatic carbocycles. The summed E-state index contributed by atoms with van der Waals surface area (Å²) in [5.74, 6) is -0.555. The van der Waals surface area contributed by atoms with E-state index >= 15 is 0 Å². The molecule has 0 unspecified atom stereocenters. The van der Waals surface area contributed by atoms with Gasteiger partial charge in [0, 0.05) is 18.0 Å². The molecule has 4 nitrogen and oxygen atoms in total. The third-order valence-corrected chi connectivity index (χ3v) is 4.58. The topological polar surface area (TPSA) is 46.6 Å². The summed E-state index contributed by atoms with van der Waals surface area (Å²) in [7, 11) is 0. The van der Waals surface area contributed by atoms with Gasteiger partial charge in [0.15, 0.2) is 0 Å². The van der Waals surface area contributed by atoms with Crippen LogP contribution >= 0.6 is 0 Å². The number of amides is 1. The highest BCUT2D eigenvalue weighted by Gasteiger charge is 2.42. The summed E-state index contributed by atoms with van der Waals surface area (Å²) in [5.41, 5.74) is 4.12. The minimum absolute atomic E-state index is 0.00787. The van der Waals surface area contributed by atoms with E-state index in [0.29, 0.717) is 11.3 Å². The zero-order chi connectivity index (χ0) is 16.7. The summed E-state index contributed by atoms with van der Waals surface area (Å²) in [6.45, 7) is 2.13. The van der Waals surface area contributed by atoms with Crippen LogP contribution in [0.15, 0.2) is 65.9 Å². The van der Waals surface area contributed by atoms with Crippen molar-refractivity contribution >= 4 is 17.6 Å². The standard InChI is InChI=1S/C20H17NO3/c1-13-6-5-9-15(10-13)21-17-12-24-20(23)19(17)16(11-18(21)22)14-7-3-2-4-8-14/h2-10,16H,11-12H2,1H3/t16-/m1/s1. The second-order valence-electron chi connectivity index (χ2n) is 6.17. The predicted octanol–water partition coefficient (Wildman–Crippen LogP) is 3.33. The highest BCUT2D eigenvalue weighted by atomic mass is 16.5. The summed E-state index contributed by atoms with van der Waals surface area (Å²) >= 11 is 0. The molecule has 1 atom stereocenters. The van der Waals surface area contributed by atoms with Crippen LogP contribution in [0.4, 0.5) is 5.69 Å². The van der Waals surface area contributed by atoms with Crippen LogP contribution in [0.3, 0.4) is 0 Å². The molecule has 4 heteroatoms. The Balaban J connectivity index is 1.84. The first-order valence-electron chi connectivity index (χ1n) is 8.00. The molecule has 0 fully saturated rings. The van der Waals surface area contributed by atoms with Crippen molar-refractivity contribution in [1.82, 2.24) is 0 Å². The number of hydrogen-bond acceptors (Lipinski definition) is 3. The number of ether oxygens (including phenoxy) is 1. The zero-order valence-corrected chi connectivity index (χ0v) is 13.4. The number of rotatable bonds is 2. The Morgan fingerprint density at radius 2 is 1.83 bits per heavy atom. The van der Waals surface area contributed by atoms with E-state index in [9.17, 15) is 9.59 Å². The van der Waals surface area contributed by atoms with Crippen molar-refractivity contribution < 1.29 is 14.3 Å². The first kappa shape index (κ1) is 14.7. The number of benzene rings is 2. The van der Waals surface area contributed by atoms with Crippen LogP contribution in [-0.2, 0) is 14.3 Å². The molecule has 0 saturated heterocycles. The van der Waals surface area contributed by atoms with E-state index < -0.39 is 0 Å². The lowest BCUT2D eigenvalue weighted by atomic mass is 9.84. The van der Waals surface area contributed by atoms with Gasteiger partial charge in [-0.05, 0) is 30.2 Å². The third kappa shape index (κ3) is 2.31. The largest absolute Gasteiger partial charge is 0.456 e. The lowest BCUT2D eigenvalue weighted by Crippen LogP contribution is -2.37. The number of anilines is 1. The van der Waals surface area contributed by atoms with E-state index in [1.807, 2.05) is 61.5 Å². The fourth-order valence-corrected chi connectivity index (χ4v) is 3.49. The van der Waals surface area contributed by atoms with Crippen LogP contribution in [0.1, 0.15) is 23.5 Å². The zero-order valence-electron chi connectivity index (χ0n) is 13.4. The number of hydrogen-bond donors (Lipinski definition) is 0. The van der Waals surface area contributed by atoms with Crippen LogP contribution in [-0.4, -0.2) is 18.5 Å². The lowest BCUT2D eigenvalue weighted by molar-refractivity contribution is -0.136. The normalized spacial score (nSPS) is 20.2. The second kappa shape index (κ2) is 5.64. The van der Waals surface area contributed by atoms with Crippen LogP contribution in [0.25, 0.3) is 0 Å². The summed E-state index contributed by atoms with van der Waals surface area (Å²) in [6, 6.07) is 17.4. The number of aryl methyl sites for hydroxylation is 1. The molecule has 2 aromatic rings. The fourth-order valence-electron chi connectivity index (χ4n) is 3.49. The SMILES string of the molecule is Cc1cccc(N2C(=O)C[C@H](c3ccccc3)C3=C2COC3=O)c1. The number of esters is 1. The minimum Gasteiger partial charge on any atom is -0.456 e. The Morgan fingerprint density at radius 3 is 2.58 bits per heavy atom. The van der Waals surface area contributed by atoms with E-state index in [2.05, 4.69) is 0 Å². The Hall–Kier alpha value is -2.88. The van der Waals surface area contributed by atoms with Crippen LogP contribution < -0.4 is 4.90 Å². The molecule has 4 rings (SSSR count). The molecular formula is C20H17NO3. The highest BCUT2D eigenvalue weighted by molar-refractivity contribution is 6.06. The summed E-state index contributed by atoms with van der Waals surface area (Å²) < 4.78 is 5.28. The molecule has 24 heavy (non-hydrogen) atoms. The van der Waals surface area contributed by atoms with E-state index in [1.54, 1.807) is 4.90 Å². The molecule has 2 aliphatic rings. The Morgan fingerprint density at radius 1 is 1.04 bits per heavy atom. The van der Waals surface area contributed by atoms with E-state index in [0.717, 1.165) is 16.8 Å². The van der Waals surface area contributed by atoms with Crippen LogP contribution in [0, 0.1) is 6.92 Å². The number of carbonyl (C=O) groups excluding carboxylic acids is 2. The average molecular weight is 319 g/mol. The fraction of sp³-hybridized carbons (Fsp3) is 0.200. The number of nitrogens with zero attached hydrogens (tertiary/aromatic N) is 1. The van der Waals surface area contributed by atoms with Gasteiger partial charge in [-0.15, -0.1) is 0 Å². The first-order valence-corrected chi connectivity index (χ1v) is 8.00. The summed E-state index contributed by atoms with van der Waals surface area (Å²) in [4.78, 5) is 26.8. The first-order chi connectivity index (χ1) is 11.6. The molecule has 0 spiro atoms. The maximum atomic E-state index is 12.9. The van der Waals surface area contributed by atoms with Gasteiger partial charge in [0.25, 0.3) is 0 Å². The molecule has 0 aromatic heterocycles. The van der Waals surface area contributed by atoms with Gasteiger partial charge in [0.1, 0.15) is 6.61 Å². The number of carbonyl (C=O) groups is 2. The lowest BCUT2D eigenvalue weighted by Gasteiger charge is -2.32. The van der Waals surface area contributed by atoms with Gasteiger partial charge in [0.05, 0.1) is 11.3 Å². The van der Waals surface area contributed by atoms with E-state index in [1.165, 1.54) is 0 Å². The molecule has 0 radical (unpaired) electrons. The van der Waals surface area contributed by atoms with Crippen LogP contribution in [0.5, 0.6) is 0 Å². The van der Waals surface area contributed by atoms with Gasteiger partial charge < -0.3 is 4.74 Å². The van der Waals surface area contributed by atoms with Crippen molar-refractivity contribution in [2.75, 3.05) is 11.5 Å². The monoisotopic (exact) mass is 319 g/mol. The Kier molecular flexibility index (Phi) is 3.45. The molecule has 1 amide bonds. The molecule has 2 aromatic carbocycles. The van der Waals surface area contributed by atoms with Crippen molar-refractivity contribution in [3.8, 4) is 0 Å². The molecular weight excluding hydrogens is 302 g/mol. The van der Waals surface area contributed by atoms with Crippen molar-refractivity contribution in [3.63, 3.8) is 0 Å². The predicted molar refractivity (Wildman–Crippen MR) is 90.5 cm³/mol. The average Bonchev–Trinajstić information content (AvgIpc) is 2.96. The van der Waals surface area contributed by atoms with Crippen molar-refractivity contribution in [2.45, 2.75) is 19.3 Å². The quantitative estimate of drug-likeness (QED) is 0.798. The minimum atomic E-state index is -0.316. The summed E-state index contributed by atoms with van der Waals surface area (Å²) in [6.07, 6.45) is 0.270. The summed E-state index contributed by atoms with van der Waals surface area (Å²) in [5, 5.41) is 0. The Labute approximate surface area is 140 Å². The molecule has 2 heterocycles. The van der Waals surface area contributed by atoms with Gasteiger partial charge in [-0.3, -0.25) is 9.69 Å². The third-order valence-electron chi connectivity index (χ3n) is 4.58. The second-order valence-corrected chi connectivity index (χ2v) is 6.17. The van der Waals surface area contributed by atoms with Gasteiger partial charge in [-0.25, -0.2) is 4.79 Å². The van der Waals surface area contributed by atoms with Crippen molar-refractivity contribution in [2.24, 2.45) is 0 Å². The van der Waals surface area contributed by atoms with Gasteiger partial charge in [0.2, 0.25) is 5.91 Å². The number of cyclic esters (lactones) is 1. The van der Waals surface area contributed by atoms with E-state index in [-0.39, 0.29) is 30.8 Å².